The molecule has 1 fully saturated rings. The summed E-state index contributed by atoms with van der Waals surface area (Å²) in [5.41, 5.74) is -0.263. The van der Waals surface area contributed by atoms with Crippen molar-refractivity contribution in [3.63, 3.8) is 0 Å². The minimum atomic E-state index is -4.86. The molecule has 3 rings (SSSR count). The molecule has 31 heavy (non-hydrogen) atoms. The van der Waals surface area contributed by atoms with Crippen molar-refractivity contribution in [3.8, 4) is 0 Å². The van der Waals surface area contributed by atoms with Crippen molar-refractivity contribution in [2.45, 2.75) is 30.5 Å². The monoisotopic (exact) mass is 576 g/mol. The summed E-state index contributed by atoms with van der Waals surface area (Å²) in [4.78, 5) is 32.2. The highest BCUT2D eigenvalue weighted by Gasteiger charge is 2.49. The summed E-state index contributed by atoms with van der Waals surface area (Å²) in [6.07, 6.45) is -4.81. The van der Waals surface area contributed by atoms with Gasteiger partial charge < -0.3 is 29.6 Å². The second-order valence-electron chi connectivity index (χ2n) is 7.02. The number of hydrogen-bond acceptors (Lipinski definition) is 6. The van der Waals surface area contributed by atoms with E-state index >= 15 is 0 Å². The molecule has 0 aromatic heterocycles. The zero-order valence-corrected chi connectivity index (χ0v) is 18.8. The smallest absolute Gasteiger partial charge is 0.387 e. The summed E-state index contributed by atoms with van der Waals surface area (Å²) < 4.78 is 50.4. The van der Waals surface area contributed by atoms with E-state index in [0.717, 1.165) is 9.80 Å². The first-order valence-electron chi connectivity index (χ1n) is 8.97. The van der Waals surface area contributed by atoms with Crippen molar-refractivity contribution in [2.75, 3.05) is 19.7 Å². The molecule has 2 aliphatic rings. The van der Waals surface area contributed by atoms with Gasteiger partial charge in [-0.2, -0.15) is 8.78 Å². The lowest BCUT2D eigenvalue weighted by Gasteiger charge is -2.38. The number of urea groups is 1. The number of carbonyl (C=O) groups is 1. The lowest BCUT2D eigenvalue weighted by Crippen LogP contribution is -2.54. The summed E-state index contributed by atoms with van der Waals surface area (Å²) >= 11 is 1.85. The Labute approximate surface area is 189 Å². The third kappa shape index (κ3) is 5.79. The zero-order chi connectivity index (χ0) is 23.0. The summed E-state index contributed by atoms with van der Waals surface area (Å²) in [5.74, 6) is -3.34. The quantitative estimate of drug-likeness (QED) is 0.282. The van der Waals surface area contributed by atoms with E-state index < -0.39 is 57.5 Å². The van der Waals surface area contributed by atoms with E-state index in [1.807, 2.05) is 22.6 Å². The van der Waals surface area contributed by atoms with Crippen LogP contribution in [-0.2, 0) is 19.7 Å². The van der Waals surface area contributed by atoms with Crippen molar-refractivity contribution in [3.05, 3.63) is 45.7 Å². The maximum absolute atomic E-state index is 14.7. The maximum atomic E-state index is 14.7. The largest absolute Gasteiger partial charge is 0.469 e. The number of aliphatic hydroxyl groups is 2. The molecular weight excluding hydrogens is 556 g/mol. The highest BCUT2D eigenvalue weighted by atomic mass is 127. The predicted molar refractivity (Wildman–Crippen MR) is 110 cm³/mol. The number of halogens is 3. The molecule has 1 aromatic carbocycles. The number of hydrogen-bond donors (Lipinski definition) is 4. The van der Waals surface area contributed by atoms with Crippen molar-refractivity contribution >= 4 is 36.4 Å². The molecule has 1 aromatic rings. The standard InChI is InChI=1S/C17H20F2IN2O8P/c18-17(19,10-4-2-1-3-5-10)9-21-6-11(20)7-22(16(21)25)15-14(24)13(23)12(30-15)8-29-31(26,27)28/h1-5,7,12-15,23-24H,6,8-9H2,(H2,26,27,28)/t12-,13+,14+,15-/m1/s1. The van der Waals surface area contributed by atoms with Crippen LogP contribution < -0.4 is 0 Å². The molecule has 0 aliphatic carbocycles. The molecule has 0 radical (unpaired) electrons. The maximum Gasteiger partial charge on any atom is 0.469 e. The van der Waals surface area contributed by atoms with Crippen LogP contribution in [-0.4, -0.2) is 80.1 Å². The van der Waals surface area contributed by atoms with Gasteiger partial charge in [-0.1, -0.05) is 30.3 Å². The van der Waals surface area contributed by atoms with Gasteiger partial charge >= 0.3 is 13.9 Å². The Kier molecular flexibility index (Phi) is 7.38. The third-order valence-corrected chi connectivity index (χ3v) is 5.82. The first-order valence-corrected chi connectivity index (χ1v) is 11.6. The average molecular weight is 576 g/mol. The molecule has 2 aliphatic heterocycles. The van der Waals surface area contributed by atoms with Crippen LogP contribution in [0.4, 0.5) is 13.6 Å². The normalized spacial score (nSPS) is 27.6. The summed E-state index contributed by atoms with van der Waals surface area (Å²) in [6.45, 7) is -1.77. The molecule has 4 N–H and O–H groups in total. The molecule has 0 unspecified atom stereocenters. The number of phosphoric acid groups is 1. The number of rotatable bonds is 7. The second-order valence-corrected chi connectivity index (χ2v) is 9.65. The topological polar surface area (TPSA) is 140 Å². The molecule has 0 saturated carbocycles. The Morgan fingerprint density at radius 2 is 1.87 bits per heavy atom. The van der Waals surface area contributed by atoms with Gasteiger partial charge in [-0.3, -0.25) is 9.42 Å². The van der Waals surface area contributed by atoms with Crippen molar-refractivity contribution < 1.29 is 47.4 Å². The van der Waals surface area contributed by atoms with Crippen LogP contribution in [0, 0.1) is 0 Å². The fourth-order valence-electron chi connectivity index (χ4n) is 3.25. The Balaban J connectivity index is 1.75. The van der Waals surface area contributed by atoms with Crippen molar-refractivity contribution in [2.24, 2.45) is 0 Å². The fourth-order valence-corrected chi connectivity index (χ4v) is 4.30. The van der Waals surface area contributed by atoms with Crippen LogP contribution >= 0.6 is 30.4 Å². The Morgan fingerprint density at radius 1 is 1.23 bits per heavy atom. The lowest BCUT2D eigenvalue weighted by atomic mass is 10.1. The van der Waals surface area contributed by atoms with Crippen LogP contribution in [0.5, 0.6) is 0 Å². The Morgan fingerprint density at radius 3 is 2.48 bits per heavy atom. The number of nitrogens with zero attached hydrogens (tertiary/aromatic N) is 2. The molecule has 1 saturated heterocycles. The van der Waals surface area contributed by atoms with E-state index in [9.17, 15) is 28.4 Å². The molecule has 0 bridgehead atoms. The SMILES string of the molecule is O=C1N(CC(F)(F)c2ccccc2)CC(I)=CN1[C@@H]1O[C@H](COP(=O)(O)O)[C@H](O)[C@@H]1O. The minimum absolute atomic E-state index is 0.0889. The van der Waals surface area contributed by atoms with Gasteiger partial charge in [0.2, 0.25) is 0 Å². The van der Waals surface area contributed by atoms with Crippen LogP contribution in [0.25, 0.3) is 0 Å². The second kappa shape index (κ2) is 9.35. The number of aliphatic hydroxyl groups excluding tert-OH is 2. The van der Waals surface area contributed by atoms with Gasteiger partial charge in [-0.15, -0.1) is 0 Å². The summed E-state index contributed by atoms with van der Waals surface area (Å²) in [5, 5.41) is 20.4. The first-order chi connectivity index (χ1) is 14.4. The molecule has 14 heteroatoms. The Hall–Kier alpha value is -1.19. The van der Waals surface area contributed by atoms with E-state index in [-0.39, 0.29) is 12.1 Å². The van der Waals surface area contributed by atoms with Crippen molar-refractivity contribution in [1.82, 2.24) is 9.80 Å². The van der Waals surface area contributed by atoms with E-state index in [2.05, 4.69) is 4.52 Å². The van der Waals surface area contributed by atoms with E-state index in [1.165, 1.54) is 30.5 Å². The fraction of sp³-hybridized carbons (Fsp3) is 0.471. The number of ether oxygens (including phenoxy) is 1. The number of amides is 2. The van der Waals surface area contributed by atoms with Gasteiger partial charge in [-0.25, -0.2) is 9.36 Å². The predicted octanol–water partition coefficient (Wildman–Crippen LogP) is 1.35. The first kappa shape index (κ1) is 24.5. The molecule has 2 amide bonds. The minimum Gasteiger partial charge on any atom is -0.387 e. The lowest BCUT2D eigenvalue weighted by molar-refractivity contribution is -0.0761. The molecule has 4 atom stereocenters. The van der Waals surface area contributed by atoms with Gasteiger partial charge in [0.1, 0.15) is 18.3 Å². The average Bonchev–Trinajstić information content (AvgIpc) is 2.97. The van der Waals surface area contributed by atoms with E-state index in [4.69, 9.17) is 14.5 Å². The summed E-state index contributed by atoms with van der Waals surface area (Å²) in [7, 11) is -4.86. The van der Waals surface area contributed by atoms with E-state index in [0.29, 0.717) is 3.58 Å². The third-order valence-electron chi connectivity index (χ3n) is 4.72. The molecule has 10 nitrogen and oxygen atoms in total. The number of carbonyl (C=O) groups excluding carboxylic acids is 1. The molecule has 172 valence electrons. The number of alkyl halides is 2. The van der Waals surface area contributed by atoms with Gasteiger partial charge in [0.15, 0.2) is 6.23 Å². The van der Waals surface area contributed by atoms with Gasteiger partial charge in [0.25, 0.3) is 5.92 Å². The summed E-state index contributed by atoms with van der Waals surface area (Å²) in [6, 6.07) is 6.12. The van der Waals surface area contributed by atoms with Crippen LogP contribution in [0.1, 0.15) is 5.56 Å². The van der Waals surface area contributed by atoms with Crippen LogP contribution in [0.2, 0.25) is 0 Å². The number of benzene rings is 1. The Bertz CT molecular complexity index is 886. The van der Waals surface area contributed by atoms with E-state index in [1.54, 1.807) is 6.07 Å². The molecule has 0 spiro atoms. The van der Waals surface area contributed by atoms with Crippen LogP contribution in [0.15, 0.2) is 40.1 Å². The van der Waals surface area contributed by atoms with Gasteiger partial charge in [-0.05, 0) is 22.6 Å². The molecular formula is C17H20F2IN2O8P. The van der Waals surface area contributed by atoms with Gasteiger partial charge in [0.05, 0.1) is 19.7 Å². The highest BCUT2D eigenvalue weighted by molar-refractivity contribution is 14.1. The molecule has 2 heterocycles. The van der Waals surface area contributed by atoms with Crippen LogP contribution in [0.3, 0.4) is 0 Å². The zero-order valence-electron chi connectivity index (χ0n) is 15.8. The van der Waals surface area contributed by atoms with Crippen molar-refractivity contribution in [1.29, 1.82) is 0 Å². The highest BCUT2D eigenvalue weighted by Crippen LogP contribution is 2.38. The number of phosphoric ester groups is 1. The van der Waals surface area contributed by atoms with Gasteiger partial charge in [0, 0.05) is 15.3 Å².